The van der Waals surface area contributed by atoms with Crippen molar-refractivity contribution in [1.82, 2.24) is 63.7 Å². The first-order chi connectivity index (χ1) is 28.3. The molecule has 19 nitrogen and oxygen atoms in total. The van der Waals surface area contributed by atoms with Crippen LogP contribution in [-0.2, 0) is 29.9 Å². The van der Waals surface area contributed by atoms with Gasteiger partial charge in [0.1, 0.15) is 23.3 Å². The van der Waals surface area contributed by atoms with Gasteiger partial charge in [0.25, 0.3) is 5.91 Å². The molecular formula is C37H35F3N16O3. The Morgan fingerprint density at radius 1 is 0.898 bits per heavy atom. The highest BCUT2D eigenvalue weighted by molar-refractivity contribution is 5.98. The summed E-state index contributed by atoms with van der Waals surface area (Å²) in [7, 11) is 4.99. The third-order valence-corrected chi connectivity index (χ3v) is 10.2. The number of halogens is 3. The van der Waals surface area contributed by atoms with Crippen molar-refractivity contribution in [1.29, 1.82) is 0 Å². The molecule has 3 N–H and O–H groups in total. The van der Waals surface area contributed by atoms with Gasteiger partial charge in [-0.2, -0.15) is 32.4 Å². The first-order valence-corrected chi connectivity index (χ1v) is 18.4. The number of nitrogens with zero attached hydrogens (tertiary/aromatic N) is 14. The van der Waals surface area contributed by atoms with Gasteiger partial charge in [0.15, 0.2) is 22.9 Å². The average Bonchev–Trinajstić information content (AvgIpc) is 4.02. The molecule has 302 valence electrons. The van der Waals surface area contributed by atoms with Gasteiger partial charge >= 0.3 is 6.18 Å². The molecule has 0 radical (unpaired) electrons. The Balaban J connectivity index is 1.20. The second-order valence-electron chi connectivity index (χ2n) is 14.1. The predicted molar refractivity (Wildman–Crippen MR) is 207 cm³/mol. The minimum atomic E-state index is -4.82. The number of hydrogen-bond donors (Lipinski definition) is 2. The van der Waals surface area contributed by atoms with Crippen LogP contribution < -0.4 is 20.8 Å². The van der Waals surface area contributed by atoms with Crippen molar-refractivity contribution < 1.29 is 27.5 Å². The average molecular weight is 809 g/mol. The summed E-state index contributed by atoms with van der Waals surface area (Å²) in [4.78, 5) is 47.0. The molecular weight excluding hydrogens is 774 g/mol. The minimum absolute atomic E-state index is 0.000810. The number of fused-ring (bicyclic) bond motifs is 6. The predicted octanol–water partition coefficient (Wildman–Crippen LogP) is 3.79. The zero-order chi connectivity index (χ0) is 41.3. The molecule has 1 aliphatic rings. The number of aromatic nitrogens is 12. The zero-order valence-corrected chi connectivity index (χ0v) is 32.0. The van der Waals surface area contributed by atoms with Gasteiger partial charge in [-0.3, -0.25) is 19.0 Å². The van der Waals surface area contributed by atoms with Crippen molar-refractivity contribution in [2.75, 3.05) is 24.0 Å². The quantitative estimate of drug-likeness (QED) is 0.213. The van der Waals surface area contributed by atoms with E-state index in [-0.39, 0.29) is 35.3 Å². The number of carbonyl (C=O) groups is 2. The molecule has 1 saturated heterocycles. The molecule has 59 heavy (non-hydrogen) atoms. The molecule has 6 aromatic heterocycles. The number of hydrazine groups is 1. The highest BCUT2D eigenvalue weighted by Gasteiger charge is 2.40. The molecule has 1 fully saturated rings. The number of ether oxygens (including phenoxy) is 1. The van der Waals surface area contributed by atoms with Crippen LogP contribution in [0, 0.1) is 0 Å². The number of nitrogens with one attached hydrogen (secondary N) is 1. The highest BCUT2D eigenvalue weighted by atomic mass is 19.4. The van der Waals surface area contributed by atoms with Crippen LogP contribution in [0.3, 0.4) is 0 Å². The summed E-state index contributed by atoms with van der Waals surface area (Å²) >= 11 is 0. The summed E-state index contributed by atoms with van der Waals surface area (Å²) in [6.07, 6.45) is 3.01. The lowest BCUT2D eigenvalue weighted by Gasteiger charge is -2.39. The van der Waals surface area contributed by atoms with E-state index in [2.05, 4.69) is 30.6 Å². The van der Waals surface area contributed by atoms with E-state index >= 15 is 0 Å². The van der Waals surface area contributed by atoms with E-state index in [0.29, 0.717) is 58.5 Å². The van der Waals surface area contributed by atoms with Gasteiger partial charge < -0.3 is 15.8 Å². The van der Waals surface area contributed by atoms with Crippen LogP contribution in [0.1, 0.15) is 31.7 Å². The Morgan fingerprint density at radius 2 is 1.53 bits per heavy atom. The molecule has 7 heterocycles. The number of aryl methyl sites for hydroxylation is 2. The van der Waals surface area contributed by atoms with Crippen molar-refractivity contribution in [2.24, 2.45) is 19.8 Å². The van der Waals surface area contributed by atoms with Gasteiger partial charge in [-0.05, 0) is 50.5 Å². The van der Waals surface area contributed by atoms with Crippen molar-refractivity contribution in [3.05, 3.63) is 66.7 Å². The number of alkyl halides is 3. The molecule has 0 spiro atoms. The highest BCUT2D eigenvalue weighted by Crippen LogP contribution is 2.38. The molecule has 0 saturated carbocycles. The fourth-order valence-electron chi connectivity index (χ4n) is 7.31. The number of para-hydroxylation sites is 2. The second-order valence-corrected chi connectivity index (χ2v) is 14.1. The number of anilines is 2. The number of primary amides is 1. The first-order valence-electron chi connectivity index (χ1n) is 18.4. The van der Waals surface area contributed by atoms with E-state index in [1.165, 1.54) is 56.1 Å². The molecule has 0 aliphatic carbocycles. The Kier molecular flexibility index (Phi) is 8.77. The van der Waals surface area contributed by atoms with Crippen LogP contribution in [0.5, 0.6) is 5.75 Å². The minimum Gasteiger partial charge on any atom is -0.494 e. The number of amides is 2. The lowest BCUT2D eigenvalue weighted by atomic mass is 10.1. The van der Waals surface area contributed by atoms with Crippen LogP contribution in [0.2, 0.25) is 0 Å². The Morgan fingerprint density at radius 3 is 2.14 bits per heavy atom. The lowest BCUT2D eigenvalue weighted by molar-refractivity contribution is -0.136. The van der Waals surface area contributed by atoms with Crippen molar-refractivity contribution in [2.45, 2.75) is 44.4 Å². The number of methoxy groups -OCH3 is 1. The summed E-state index contributed by atoms with van der Waals surface area (Å²) in [6, 6.07) is 6.68. The van der Waals surface area contributed by atoms with E-state index in [4.69, 9.17) is 25.5 Å². The van der Waals surface area contributed by atoms with Gasteiger partial charge in [0.05, 0.1) is 41.7 Å². The van der Waals surface area contributed by atoms with Crippen LogP contribution in [0.15, 0.2) is 61.2 Å². The third-order valence-electron chi connectivity index (χ3n) is 10.2. The number of rotatable bonds is 9. The van der Waals surface area contributed by atoms with E-state index in [0.717, 1.165) is 6.07 Å². The van der Waals surface area contributed by atoms with Crippen LogP contribution in [-0.4, -0.2) is 101 Å². The van der Waals surface area contributed by atoms with Crippen molar-refractivity contribution in [3.63, 3.8) is 0 Å². The summed E-state index contributed by atoms with van der Waals surface area (Å²) in [5.41, 5.74) is 6.42. The first kappa shape index (κ1) is 37.2. The summed E-state index contributed by atoms with van der Waals surface area (Å²) in [6.45, 7) is 1.48. The molecule has 1 aliphatic heterocycles. The topological polar surface area (TPSA) is 210 Å². The largest absolute Gasteiger partial charge is 0.494 e. The maximum absolute atomic E-state index is 15.0. The van der Waals surface area contributed by atoms with E-state index in [1.54, 1.807) is 49.5 Å². The summed E-state index contributed by atoms with van der Waals surface area (Å²) < 4.78 is 55.4. The zero-order valence-electron chi connectivity index (χ0n) is 32.0. The van der Waals surface area contributed by atoms with E-state index in [1.807, 2.05) is 6.07 Å². The smallest absolute Gasteiger partial charge is 0.418 e. The molecule has 2 aromatic carbocycles. The van der Waals surface area contributed by atoms with Gasteiger partial charge in [-0.1, -0.05) is 12.1 Å². The Bertz CT molecular complexity index is 2950. The van der Waals surface area contributed by atoms with Crippen LogP contribution in [0.25, 0.3) is 55.9 Å². The number of carbonyl (C=O) groups excluding carboxylic acids is 2. The van der Waals surface area contributed by atoms with Crippen LogP contribution in [0.4, 0.5) is 25.1 Å². The number of hydrogen-bond acceptors (Lipinski definition) is 13. The van der Waals surface area contributed by atoms with E-state index in [9.17, 15) is 22.8 Å². The fourth-order valence-corrected chi connectivity index (χ4v) is 7.31. The number of benzene rings is 2. The molecule has 2 amide bonds. The van der Waals surface area contributed by atoms with Crippen LogP contribution >= 0.6 is 0 Å². The molecule has 9 rings (SSSR count). The van der Waals surface area contributed by atoms with E-state index < -0.39 is 41.2 Å². The molecule has 0 bridgehead atoms. The molecule has 8 aromatic rings. The van der Waals surface area contributed by atoms with Crippen molar-refractivity contribution in [3.8, 4) is 28.5 Å². The lowest BCUT2D eigenvalue weighted by Crippen LogP contribution is -2.58. The molecule has 0 unspecified atom stereocenters. The number of nitrogens with two attached hydrogens (primary N) is 1. The van der Waals surface area contributed by atoms with Gasteiger partial charge in [-0.25, -0.2) is 30.0 Å². The third kappa shape index (κ3) is 6.32. The maximum atomic E-state index is 15.0. The molecule has 22 heteroatoms. The second kappa shape index (κ2) is 13.9. The maximum Gasteiger partial charge on any atom is 0.418 e. The SMILES string of the molecule is COc1cccc2c1nc(N[C@@H]1CCCCN(N(c3nc4c(C(F)(F)F)cccc4c4nc(-c5cnn(C)c5)nn34)[C@H](C)C(N)=O)C1=O)n1nc(-c3cnn(C)c3)nc21. The molecule has 2 atom stereocenters. The Hall–Kier alpha value is -7.39. The van der Waals surface area contributed by atoms with Gasteiger partial charge in [-0.15, -0.1) is 10.2 Å². The Labute approximate surface area is 331 Å². The summed E-state index contributed by atoms with van der Waals surface area (Å²) in [5, 5.41) is 24.3. The monoisotopic (exact) mass is 808 g/mol. The fraction of sp³-hybridized carbons (Fsp3) is 0.297. The standard InChI is InChI=1S/C37H35F3N16O3/c1-19(29(41)57)56(36-46-27-22(9-7-11-24(27)37(38,39)40)33-48-31(50-55(33)36)21-16-43-52(3)18-21)53-14-6-5-12-25(34(53)58)44-35-45-28-23(10-8-13-26(28)59-4)32-47-30(49-54(32)35)20-15-42-51(2)17-20/h7-11,13,15-19,25H,5-6,12,14H2,1-4H3,(H2,41,57)(H,44,45)/t19-,25-/m1/s1. The van der Waals surface area contributed by atoms with Gasteiger partial charge in [0.2, 0.25) is 17.8 Å². The van der Waals surface area contributed by atoms with Crippen molar-refractivity contribution >= 4 is 56.8 Å². The van der Waals surface area contributed by atoms with Gasteiger partial charge in [0, 0.05) is 43.8 Å². The summed E-state index contributed by atoms with van der Waals surface area (Å²) in [5.74, 6) is -0.624. The normalized spacial score (nSPS) is 15.7.